The molecule has 0 fully saturated rings. The summed E-state index contributed by atoms with van der Waals surface area (Å²) in [6, 6.07) is 8.01. The molecular weight excluding hydrogens is 438 g/mol. The molecule has 2 aromatic rings. The molecule has 0 aliphatic carbocycles. The number of carbonyl (C=O) groups excluding carboxylic acids is 1. The lowest BCUT2D eigenvalue weighted by Gasteiger charge is -2.24. The topological polar surface area (TPSA) is 101 Å². The Bertz CT molecular complexity index is 1130. The first kappa shape index (κ1) is 23.7. The first-order valence-electron chi connectivity index (χ1n) is 8.85. The number of anilines is 1. The third-order valence-corrected chi connectivity index (χ3v) is 6.60. The molecule has 0 aliphatic heterocycles. The molecular formula is C19H22F2N2O5S2. The van der Waals surface area contributed by atoms with Crippen LogP contribution in [0.1, 0.15) is 24.9 Å². The zero-order chi connectivity index (χ0) is 22.7. The van der Waals surface area contributed by atoms with Crippen molar-refractivity contribution >= 4 is 31.5 Å². The van der Waals surface area contributed by atoms with Gasteiger partial charge in [-0.15, -0.1) is 0 Å². The largest absolute Gasteiger partial charge is 0.348 e. The van der Waals surface area contributed by atoms with Gasteiger partial charge in [-0.1, -0.05) is 19.1 Å². The quantitative estimate of drug-likeness (QED) is 0.652. The van der Waals surface area contributed by atoms with Gasteiger partial charge in [-0.25, -0.2) is 25.6 Å². The van der Waals surface area contributed by atoms with E-state index >= 15 is 0 Å². The van der Waals surface area contributed by atoms with E-state index in [1.54, 1.807) is 19.1 Å². The number of hydrogen-bond donors (Lipinski definition) is 1. The number of halogens is 2. The summed E-state index contributed by atoms with van der Waals surface area (Å²) in [5.74, 6) is -3.04. The van der Waals surface area contributed by atoms with Crippen LogP contribution in [-0.2, 0) is 24.7 Å². The molecule has 1 unspecified atom stereocenters. The Hall–Kier alpha value is -2.53. The maximum Gasteiger partial charge on any atom is 0.241 e. The maximum atomic E-state index is 13.5. The van der Waals surface area contributed by atoms with Gasteiger partial charge >= 0.3 is 0 Å². The molecule has 0 aromatic heterocycles. The van der Waals surface area contributed by atoms with Crippen LogP contribution >= 0.6 is 0 Å². The van der Waals surface area contributed by atoms with Crippen molar-refractivity contribution in [2.24, 2.45) is 0 Å². The average Bonchev–Trinajstić information content (AvgIpc) is 2.65. The van der Waals surface area contributed by atoms with Gasteiger partial charge in [-0.3, -0.25) is 9.10 Å². The van der Waals surface area contributed by atoms with E-state index in [1.807, 2.05) is 0 Å². The summed E-state index contributed by atoms with van der Waals surface area (Å²) in [7, 11) is -7.32. The van der Waals surface area contributed by atoms with Crippen LogP contribution in [0.15, 0.2) is 47.4 Å². The number of hydrogen-bond acceptors (Lipinski definition) is 5. The van der Waals surface area contributed by atoms with Gasteiger partial charge in [-0.2, -0.15) is 0 Å². The third kappa shape index (κ3) is 5.99. The second-order valence-electron chi connectivity index (χ2n) is 6.74. The lowest BCUT2D eigenvalue weighted by molar-refractivity contribution is -0.120. The van der Waals surface area contributed by atoms with Crippen molar-refractivity contribution in [2.45, 2.75) is 24.3 Å². The summed E-state index contributed by atoms with van der Waals surface area (Å²) in [4.78, 5) is 12.6. The smallest absolute Gasteiger partial charge is 0.241 e. The minimum atomic E-state index is -3.96. The first-order chi connectivity index (χ1) is 13.8. The van der Waals surface area contributed by atoms with E-state index in [0.717, 1.165) is 24.6 Å². The normalized spacial score (nSPS) is 13.0. The minimum absolute atomic E-state index is 0.133. The Morgan fingerprint density at radius 1 is 1.00 bits per heavy atom. The zero-order valence-corrected chi connectivity index (χ0v) is 18.2. The Balaban J connectivity index is 2.21. The van der Waals surface area contributed by atoms with Crippen molar-refractivity contribution in [1.29, 1.82) is 0 Å². The number of sulfone groups is 1. The predicted molar refractivity (Wildman–Crippen MR) is 109 cm³/mol. The molecule has 0 radical (unpaired) electrons. The van der Waals surface area contributed by atoms with E-state index in [1.165, 1.54) is 12.1 Å². The van der Waals surface area contributed by atoms with E-state index < -0.39 is 50.0 Å². The van der Waals surface area contributed by atoms with Crippen molar-refractivity contribution in [3.05, 3.63) is 59.7 Å². The van der Waals surface area contributed by atoms with Gasteiger partial charge in [0, 0.05) is 12.3 Å². The highest BCUT2D eigenvalue weighted by molar-refractivity contribution is 7.92. The van der Waals surface area contributed by atoms with E-state index in [2.05, 4.69) is 5.32 Å². The van der Waals surface area contributed by atoms with Crippen LogP contribution in [0.5, 0.6) is 0 Å². The van der Waals surface area contributed by atoms with Crippen LogP contribution in [-0.4, -0.2) is 41.8 Å². The predicted octanol–water partition coefficient (Wildman–Crippen LogP) is 2.40. The van der Waals surface area contributed by atoms with Crippen LogP contribution in [0.3, 0.4) is 0 Å². The number of benzene rings is 2. The fourth-order valence-corrected chi connectivity index (χ4v) is 4.26. The van der Waals surface area contributed by atoms with Gasteiger partial charge in [0.15, 0.2) is 21.5 Å². The van der Waals surface area contributed by atoms with Gasteiger partial charge in [0.2, 0.25) is 15.9 Å². The molecule has 30 heavy (non-hydrogen) atoms. The van der Waals surface area contributed by atoms with Crippen molar-refractivity contribution in [2.75, 3.05) is 23.4 Å². The van der Waals surface area contributed by atoms with Crippen molar-refractivity contribution < 1.29 is 30.4 Å². The van der Waals surface area contributed by atoms with E-state index in [-0.39, 0.29) is 10.6 Å². The summed E-state index contributed by atoms with van der Waals surface area (Å²) in [5.41, 5.74) is 0.453. The second kappa shape index (κ2) is 9.09. The molecule has 11 heteroatoms. The van der Waals surface area contributed by atoms with Crippen LogP contribution in [0.4, 0.5) is 14.5 Å². The maximum absolute atomic E-state index is 13.5. The van der Waals surface area contributed by atoms with Crippen LogP contribution in [0, 0.1) is 11.6 Å². The van der Waals surface area contributed by atoms with Crippen LogP contribution < -0.4 is 9.62 Å². The molecule has 0 saturated heterocycles. The molecule has 0 bridgehead atoms. The van der Waals surface area contributed by atoms with Crippen molar-refractivity contribution in [3.8, 4) is 0 Å². The Labute approximate surface area is 174 Å². The van der Waals surface area contributed by atoms with Gasteiger partial charge < -0.3 is 5.32 Å². The molecule has 0 saturated carbocycles. The number of rotatable bonds is 8. The van der Waals surface area contributed by atoms with Crippen LogP contribution in [0.2, 0.25) is 0 Å². The standard InChI is InChI=1S/C19H22F2N2O5S2/c1-4-18(13-5-8-15(9-6-13)29(2,25)26)22-19(24)12-23(30(3,27)28)14-7-10-16(20)17(21)11-14/h5-11,18H,4,12H2,1-3H3,(H,22,24). The highest BCUT2D eigenvalue weighted by Gasteiger charge is 2.23. The minimum Gasteiger partial charge on any atom is -0.348 e. The fraction of sp³-hybridized carbons (Fsp3) is 0.316. The highest BCUT2D eigenvalue weighted by atomic mass is 32.2. The summed E-state index contributed by atoms with van der Waals surface area (Å²) in [5, 5.41) is 2.68. The van der Waals surface area contributed by atoms with Gasteiger partial charge in [0.1, 0.15) is 6.54 Å². The molecule has 1 atom stereocenters. The summed E-state index contributed by atoms with van der Waals surface area (Å²) in [6.45, 7) is 1.15. The SMILES string of the molecule is CCC(NC(=O)CN(c1ccc(F)c(F)c1)S(C)(=O)=O)c1ccc(S(C)(=O)=O)cc1. The lowest BCUT2D eigenvalue weighted by atomic mass is 10.0. The Morgan fingerprint density at radius 3 is 2.07 bits per heavy atom. The first-order valence-corrected chi connectivity index (χ1v) is 12.6. The molecule has 0 spiro atoms. The molecule has 7 nitrogen and oxygen atoms in total. The fourth-order valence-electron chi connectivity index (χ4n) is 2.78. The summed E-state index contributed by atoms with van der Waals surface area (Å²) in [6.07, 6.45) is 2.38. The molecule has 1 amide bonds. The second-order valence-corrected chi connectivity index (χ2v) is 10.7. The van der Waals surface area contributed by atoms with Crippen LogP contribution in [0.25, 0.3) is 0 Å². The number of amides is 1. The van der Waals surface area contributed by atoms with E-state index in [4.69, 9.17) is 0 Å². The van der Waals surface area contributed by atoms with Crippen molar-refractivity contribution in [3.63, 3.8) is 0 Å². The third-order valence-electron chi connectivity index (χ3n) is 4.33. The lowest BCUT2D eigenvalue weighted by Crippen LogP contribution is -2.41. The molecule has 2 rings (SSSR count). The van der Waals surface area contributed by atoms with Gasteiger partial charge in [0.05, 0.1) is 22.9 Å². The number of nitrogens with zero attached hydrogens (tertiary/aromatic N) is 1. The number of sulfonamides is 1. The van der Waals surface area contributed by atoms with Gasteiger partial charge in [-0.05, 0) is 36.2 Å². The monoisotopic (exact) mass is 460 g/mol. The molecule has 164 valence electrons. The number of nitrogens with one attached hydrogen (secondary N) is 1. The van der Waals surface area contributed by atoms with Crippen molar-refractivity contribution in [1.82, 2.24) is 5.32 Å². The summed E-state index contributed by atoms with van der Waals surface area (Å²) >= 11 is 0. The number of carbonyl (C=O) groups is 1. The highest BCUT2D eigenvalue weighted by Crippen LogP contribution is 2.22. The molecule has 1 N–H and O–H groups in total. The molecule has 2 aromatic carbocycles. The van der Waals surface area contributed by atoms with E-state index in [0.29, 0.717) is 22.4 Å². The Morgan fingerprint density at radius 2 is 1.60 bits per heavy atom. The van der Waals surface area contributed by atoms with Gasteiger partial charge in [0.25, 0.3) is 0 Å². The average molecular weight is 461 g/mol. The molecule has 0 heterocycles. The zero-order valence-electron chi connectivity index (χ0n) is 16.6. The van der Waals surface area contributed by atoms with E-state index in [9.17, 15) is 30.4 Å². The summed E-state index contributed by atoms with van der Waals surface area (Å²) < 4.78 is 74.7. The molecule has 0 aliphatic rings. The Kier molecular flexibility index (Phi) is 7.19.